The molecule has 1 aromatic heterocycles. The first-order valence-electron chi connectivity index (χ1n) is 5.00. The molecule has 0 aliphatic heterocycles. The summed E-state index contributed by atoms with van der Waals surface area (Å²) in [4.78, 5) is 12.4. The van der Waals surface area contributed by atoms with Crippen molar-refractivity contribution in [1.82, 2.24) is 0 Å². The number of rotatable bonds is 6. The fourth-order valence-electron chi connectivity index (χ4n) is 1.08. The Labute approximate surface area is 94.0 Å². The van der Waals surface area contributed by atoms with Crippen molar-refractivity contribution >= 4 is 17.3 Å². The van der Waals surface area contributed by atoms with Gasteiger partial charge in [-0.3, -0.25) is 4.79 Å². The molecule has 0 saturated carbocycles. The van der Waals surface area contributed by atoms with E-state index < -0.39 is 0 Å². The van der Waals surface area contributed by atoms with Gasteiger partial charge in [-0.15, -0.1) is 11.3 Å². The minimum absolute atomic E-state index is 0.190. The van der Waals surface area contributed by atoms with Crippen molar-refractivity contribution in [2.24, 2.45) is 5.92 Å². The number of carbonyl (C=O) groups excluding carboxylic acids is 1. The lowest BCUT2D eigenvalue weighted by atomic mass is 10.2. The van der Waals surface area contributed by atoms with E-state index in [-0.39, 0.29) is 11.9 Å². The maximum Gasteiger partial charge on any atom is 0.310 e. The molecule has 0 aliphatic carbocycles. The molecular weight excluding hydrogens is 212 g/mol. The monoisotopic (exact) mass is 228 g/mol. The third-order valence-electron chi connectivity index (χ3n) is 1.88. The van der Waals surface area contributed by atoms with Gasteiger partial charge in [0.25, 0.3) is 0 Å². The Kier molecular flexibility index (Phi) is 5.36. The molecule has 1 aromatic rings. The third kappa shape index (κ3) is 4.44. The number of hydrogen-bond acceptors (Lipinski definition) is 4. The van der Waals surface area contributed by atoms with Gasteiger partial charge in [-0.05, 0) is 25.3 Å². The highest BCUT2D eigenvalue weighted by molar-refractivity contribution is 7.09. The van der Waals surface area contributed by atoms with Crippen LogP contribution in [0.5, 0.6) is 0 Å². The fraction of sp³-hybridized carbons (Fsp3) is 0.545. The van der Waals surface area contributed by atoms with Gasteiger partial charge in [0, 0.05) is 4.88 Å². The summed E-state index contributed by atoms with van der Waals surface area (Å²) in [5, 5.41) is 2.01. The Balaban J connectivity index is 2.17. The second-order valence-electron chi connectivity index (χ2n) is 3.25. The summed E-state index contributed by atoms with van der Waals surface area (Å²) >= 11 is 1.65. The zero-order chi connectivity index (χ0) is 11.1. The predicted molar refractivity (Wildman–Crippen MR) is 59.8 cm³/mol. The van der Waals surface area contributed by atoms with E-state index >= 15 is 0 Å². The van der Waals surface area contributed by atoms with Gasteiger partial charge in [0.15, 0.2) is 0 Å². The van der Waals surface area contributed by atoms with Gasteiger partial charge >= 0.3 is 5.97 Å². The maximum atomic E-state index is 11.2. The Bertz CT molecular complexity index is 282. The molecule has 1 unspecified atom stereocenters. The fourth-order valence-corrected chi connectivity index (χ4v) is 1.72. The molecule has 0 radical (unpaired) electrons. The smallest absolute Gasteiger partial charge is 0.310 e. The molecule has 1 heterocycles. The molecule has 4 heteroatoms. The number of hydrogen-bond donors (Lipinski definition) is 0. The highest BCUT2D eigenvalue weighted by Gasteiger charge is 2.13. The normalized spacial score (nSPS) is 12.4. The molecular formula is C11H16O3S. The van der Waals surface area contributed by atoms with Gasteiger partial charge in [0.1, 0.15) is 0 Å². The number of esters is 1. The van der Waals surface area contributed by atoms with Crippen LogP contribution in [0.2, 0.25) is 0 Å². The highest BCUT2D eigenvalue weighted by atomic mass is 32.1. The molecule has 1 rings (SSSR count). The molecule has 0 bridgehead atoms. The maximum absolute atomic E-state index is 11.2. The minimum atomic E-state index is -0.191. The molecule has 15 heavy (non-hydrogen) atoms. The van der Waals surface area contributed by atoms with Crippen LogP contribution in [0.1, 0.15) is 18.7 Å². The summed E-state index contributed by atoms with van der Waals surface area (Å²) in [6.07, 6.45) is 0. The summed E-state index contributed by atoms with van der Waals surface area (Å²) < 4.78 is 10.3. The van der Waals surface area contributed by atoms with Gasteiger partial charge in [-0.1, -0.05) is 6.07 Å². The SMILES string of the molecule is CCOC(=O)C(C)COCc1cccs1. The van der Waals surface area contributed by atoms with Crippen LogP contribution in [0, 0.1) is 5.92 Å². The third-order valence-corrected chi connectivity index (χ3v) is 2.73. The zero-order valence-corrected chi connectivity index (χ0v) is 9.88. The van der Waals surface area contributed by atoms with Crippen LogP contribution in [0.4, 0.5) is 0 Å². The number of thiophene rings is 1. The quantitative estimate of drug-likeness (QED) is 0.702. The lowest BCUT2D eigenvalue weighted by molar-refractivity contribution is -0.149. The Hall–Kier alpha value is -0.870. The van der Waals surface area contributed by atoms with Crippen molar-refractivity contribution in [2.45, 2.75) is 20.5 Å². The van der Waals surface area contributed by atoms with E-state index in [2.05, 4.69) is 0 Å². The largest absolute Gasteiger partial charge is 0.466 e. The number of carbonyl (C=O) groups is 1. The molecule has 0 spiro atoms. The van der Waals surface area contributed by atoms with Crippen molar-refractivity contribution in [3.05, 3.63) is 22.4 Å². The van der Waals surface area contributed by atoms with E-state index in [0.29, 0.717) is 19.8 Å². The van der Waals surface area contributed by atoms with E-state index in [1.165, 1.54) is 4.88 Å². The summed E-state index contributed by atoms with van der Waals surface area (Å²) in [6.45, 7) is 5.02. The van der Waals surface area contributed by atoms with Crippen LogP contribution in [0.3, 0.4) is 0 Å². The first kappa shape index (κ1) is 12.2. The van der Waals surface area contributed by atoms with E-state index in [1.807, 2.05) is 24.4 Å². The first-order valence-corrected chi connectivity index (χ1v) is 5.88. The zero-order valence-electron chi connectivity index (χ0n) is 9.06. The molecule has 0 N–H and O–H groups in total. The van der Waals surface area contributed by atoms with E-state index in [9.17, 15) is 4.79 Å². The van der Waals surface area contributed by atoms with E-state index in [4.69, 9.17) is 9.47 Å². The van der Waals surface area contributed by atoms with Crippen molar-refractivity contribution in [3.8, 4) is 0 Å². The predicted octanol–water partition coefficient (Wildman–Crippen LogP) is 2.46. The van der Waals surface area contributed by atoms with Crippen LogP contribution >= 0.6 is 11.3 Å². The van der Waals surface area contributed by atoms with E-state index in [1.54, 1.807) is 18.3 Å². The second-order valence-corrected chi connectivity index (χ2v) is 4.28. The van der Waals surface area contributed by atoms with Crippen LogP contribution in [-0.4, -0.2) is 19.2 Å². The summed E-state index contributed by atoms with van der Waals surface area (Å²) in [5.74, 6) is -0.381. The minimum Gasteiger partial charge on any atom is -0.466 e. The van der Waals surface area contributed by atoms with Gasteiger partial charge in [-0.25, -0.2) is 0 Å². The second kappa shape index (κ2) is 6.58. The van der Waals surface area contributed by atoms with Crippen molar-refractivity contribution in [1.29, 1.82) is 0 Å². The average molecular weight is 228 g/mol. The topological polar surface area (TPSA) is 35.5 Å². The van der Waals surface area contributed by atoms with E-state index in [0.717, 1.165) is 0 Å². The Morgan fingerprint density at radius 1 is 1.60 bits per heavy atom. The molecule has 0 amide bonds. The molecule has 0 aromatic carbocycles. The van der Waals surface area contributed by atoms with Crippen LogP contribution < -0.4 is 0 Å². The lowest BCUT2D eigenvalue weighted by Crippen LogP contribution is -2.19. The van der Waals surface area contributed by atoms with Crippen LogP contribution in [0.25, 0.3) is 0 Å². The van der Waals surface area contributed by atoms with Gasteiger partial charge < -0.3 is 9.47 Å². The van der Waals surface area contributed by atoms with Crippen molar-refractivity contribution in [2.75, 3.05) is 13.2 Å². The van der Waals surface area contributed by atoms with Gasteiger partial charge in [0.2, 0.25) is 0 Å². The molecule has 0 saturated heterocycles. The summed E-state index contributed by atoms with van der Waals surface area (Å²) in [6, 6.07) is 4.00. The van der Waals surface area contributed by atoms with Gasteiger partial charge in [0.05, 0.1) is 25.7 Å². The molecule has 3 nitrogen and oxygen atoms in total. The average Bonchev–Trinajstić information content (AvgIpc) is 2.71. The first-order chi connectivity index (χ1) is 7.24. The standard InChI is InChI=1S/C11H16O3S/c1-3-14-11(12)9(2)7-13-8-10-5-4-6-15-10/h4-6,9H,3,7-8H2,1-2H3. The number of ether oxygens (including phenoxy) is 2. The highest BCUT2D eigenvalue weighted by Crippen LogP contribution is 2.10. The van der Waals surface area contributed by atoms with Crippen molar-refractivity contribution in [3.63, 3.8) is 0 Å². The molecule has 1 atom stereocenters. The summed E-state index contributed by atoms with van der Waals surface area (Å²) in [5.41, 5.74) is 0. The van der Waals surface area contributed by atoms with Crippen LogP contribution in [0.15, 0.2) is 17.5 Å². The molecule has 84 valence electrons. The Morgan fingerprint density at radius 3 is 3.00 bits per heavy atom. The molecule has 0 aliphatic rings. The van der Waals surface area contributed by atoms with Gasteiger partial charge in [-0.2, -0.15) is 0 Å². The Morgan fingerprint density at radius 2 is 2.40 bits per heavy atom. The summed E-state index contributed by atoms with van der Waals surface area (Å²) in [7, 11) is 0. The lowest BCUT2D eigenvalue weighted by Gasteiger charge is -2.10. The van der Waals surface area contributed by atoms with Crippen molar-refractivity contribution < 1.29 is 14.3 Å². The molecule has 0 fully saturated rings. The van der Waals surface area contributed by atoms with Crippen LogP contribution in [-0.2, 0) is 20.9 Å².